The van der Waals surface area contributed by atoms with E-state index in [9.17, 15) is 14.0 Å². The molecule has 0 bridgehead atoms. The second-order valence-corrected chi connectivity index (χ2v) is 5.51. The van der Waals surface area contributed by atoms with Crippen LogP contribution in [0.15, 0.2) is 24.3 Å². The highest BCUT2D eigenvalue weighted by Gasteiger charge is 2.21. The Labute approximate surface area is 144 Å². The van der Waals surface area contributed by atoms with Crippen molar-refractivity contribution < 1.29 is 23.5 Å². The third-order valence-corrected chi connectivity index (χ3v) is 3.62. The number of aromatic nitrogens is 2. The van der Waals surface area contributed by atoms with E-state index >= 15 is 0 Å². The molecule has 134 valence electrons. The van der Waals surface area contributed by atoms with Gasteiger partial charge in [0.05, 0.1) is 17.1 Å². The summed E-state index contributed by atoms with van der Waals surface area (Å²) in [5.74, 6) is -1.90. The van der Waals surface area contributed by atoms with E-state index in [-0.39, 0.29) is 5.75 Å². The number of aryl methyl sites for hydroxylation is 2. The Bertz CT molecular complexity index is 788. The highest BCUT2D eigenvalue weighted by molar-refractivity contribution is 5.96. The standard InChI is InChI=1S/C17H20FN3O4/c1-10-16(11(2)21(4)20-10)19-17(23)12(3)25-15(22)9-24-14-8-6-5-7-13(14)18/h5-8,12H,9H2,1-4H3,(H,19,23)/t12-/m0/s1. The number of benzene rings is 1. The van der Waals surface area contributed by atoms with Crippen LogP contribution in [0, 0.1) is 19.7 Å². The third-order valence-electron chi connectivity index (χ3n) is 3.62. The number of nitrogens with zero attached hydrogens (tertiary/aromatic N) is 2. The minimum Gasteiger partial charge on any atom is -0.479 e. The fourth-order valence-electron chi connectivity index (χ4n) is 2.16. The smallest absolute Gasteiger partial charge is 0.344 e. The first kappa shape index (κ1) is 18.4. The summed E-state index contributed by atoms with van der Waals surface area (Å²) in [6.45, 7) is 4.52. The Morgan fingerprint density at radius 3 is 2.60 bits per heavy atom. The van der Waals surface area contributed by atoms with Gasteiger partial charge in [-0.25, -0.2) is 9.18 Å². The largest absolute Gasteiger partial charge is 0.479 e. The molecule has 1 N–H and O–H groups in total. The van der Waals surface area contributed by atoms with Crippen molar-refractivity contribution in [2.75, 3.05) is 11.9 Å². The number of rotatable bonds is 6. The van der Waals surface area contributed by atoms with Crippen molar-refractivity contribution in [3.63, 3.8) is 0 Å². The lowest BCUT2D eigenvalue weighted by Crippen LogP contribution is -2.32. The summed E-state index contributed by atoms with van der Waals surface area (Å²) in [5.41, 5.74) is 2.03. The molecule has 0 unspecified atom stereocenters. The van der Waals surface area contributed by atoms with Crippen molar-refractivity contribution in [1.29, 1.82) is 0 Å². The van der Waals surface area contributed by atoms with E-state index in [0.29, 0.717) is 11.4 Å². The maximum Gasteiger partial charge on any atom is 0.344 e. The molecule has 1 aromatic carbocycles. The number of nitrogens with one attached hydrogen (secondary N) is 1. The van der Waals surface area contributed by atoms with Crippen LogP contribution in [-0.2, 0) is 21.4 Å². The second-order valence-electron chi connectivity index (χ2n) is 5.51. The lowest BCUT2D eigenvalue weighted by atomic mass is 10.3. The maximum absolute atomic E-state index is 13.4. The van der Waals surface area contributed by atoms with Crippen LogP contribution in [0.4, 0.5) is 10.1 Å². The van der Waals surface area contributed by atoms with Gasteiger partial charge in [-0.15, -0.1) is 0 Å². The molecule has 1 aromatic heterocycles. The highest BCUT2D eigenvalue weighted by Crippen LogP contribution is 2.19. The van der Waals surface area contributed by atoms with Crippen molar-refractivity contribution in [2.45, 2.75) is 26.9 Å². The Hall–Kier alpha value is -2.90. The lowest BCUT2D eigenvalue weighted by Gasteiger charge is -2.14. The molecule has 7 nitrogen and oxygen atoms in total. The Kier molecular flexibility index (Phi) is 5.74. The van der Waals surface area contributed by atoms with Crippen molar-refractivity contribution in [1.82, 2.24) is 9.78 Å². The van der Waals surface area contributed by atoms with Crippen LogP contribution < -0.4 is 10.1 Å². The van der Waals surface area contributed by atoms with Gasteiger partial charge < -0.3 is 14.8 Å². The molecule has 0 fully saturated rings. The van der Waals surface area contributed by atoms with E-state index in [4.69, 9.17) is 9.47 Å². The van der Waals surface area contributed by atoms with Gasteiger partial charge >= 0.3 is 5.97 Å². The zero-order valence-electron chi connectivity index (χ0n) is 14.5. The van der Waals surface area contributed by atoms with Crippen LogP contribution in [0.2, 0.25) is 0 Å². The molecule has 8 heteroatoms. The molecule has 0 saturated carbocycles. The normalized spacial score (nSPS) is 11.7. The summed E-state index contributed by atoms with van der Waals surface area (Å²) in [6, 6.07) is 5.70. The first-order valence-corrected chi connectivity index (χ1v) is 7.67. The first-order valence-electron chi connectivity index (χ1n) is 7.67. The zero-order chi connectivity index (χ0) is 18.6. The minimum atomic E-state index is -1.03. The number of carbonyl (C=O) groups is 2. The van der Waals surface area contributed by atoms with Gasteiger partial charge in [0.15, 0.2) is 24.3 Å². The number of hydrogen-bond acceptors (Lipinski definition) is 5. The molecular weight excluding hydrogens is 329 g/mol. The fourth-order valence-corrected chi connectivity index (χ4v) is 2.16. The topological polar surface area (TPSA) is 82.5 Å². The van der Waals surface area contributed by atoms with E-state index in [1.54, 1.807) is 24.7 Å². The Balaban J connectivity index is 1.88. The summed E-state index contributed by atoms with van der Waals surface area (Å²) in [7, 11) is 1.77. The Morgan fingerprint density at radius 2 is 2.00 bits per heavy atom. The number of para-hydroxylation sites is 1. The predicted molar refractivity (Wildman–Crippen MR) is 88.8 cm³/mol. The minimum absolute atomic E-state index is 0.0573. The summed E-state index contributed by atoms with van der Waals surface area (Å²) in [6.07, 6.45) is -1.03. The quantitative estimate of drug-likeness (QED) is 0.808. The second kappa shape index (κ2) is 7.78. The molecule has 0 saturated heterocycles. The van der Waals surface area contributed by atoms with Crippen LogP contribution in [-0.4, -0.2) is 34.4 Å². The first-order chi connectivity index (χ1) is 11.8. The fraction of sp³-hybridized carbons (Fsp3) is 0.353. The van der Waals surface area contributed by atoms with E-state index in [0.717, 1.165) is 5.69 Å². The monoisotopic (exact) mass is 349 g/mol. The van der Waals surface area contributed by atoms with Crippen molar-refractivity contribution >= 4 is 17.6 Å². The van der Waals surface area contributed by atoms with Crippen LogP contribution in [0.1, 0.15) is 18.3 Å². The summed E-state index contributed by atoms with van der Waals surface area (Å²) >= 11 is 0. The van der Waals surface area contributed by atoms with Gasteiger partial charge in [0.25, 0.3) is 5.91 Å². The molecule has 2 aromatic rings. The number of anilines is 1. The number of carbonyl (C=O) groups excluding carboxylic acids is 2. The number of amides is 1. The van der Waals surface area contributed by atoms with Crippen LogP contribution in [0.5, 0.6) is 5.75 Å². The molecule has 1 heterocycles. The van der Waals surface area contributed by atoms with Gasteiger partial charge in [0.1, 0.15) is 0 Å². The number of hydrogen-bond donors (Lipinski definition) is 1. The van der Waals surface area contributed by atoms with Gasteiger partial charge in [-0.1, -0.05) is 12.1 Å². The average molecular weight is 349 g/mol. The molecule has 25 heavy (non-hydrogen) atoms. The van der Waals surface area contributed by atoms with Gasteiger partial charge in [0.2, 0.25) is 0 Å². The molecule has 0 aliphatic carbocycles. The van der Waals surface area contributed by atoms with Crippen LogP contribution >= 0.6 is 0 Å². The molecule has 0 radical (unpaired) electrons. The zero-order valence-corrected chi connectivity index (χ0v) is 14.5. The summed E-state index contributed by atoms with van der Waals surface area (Å²) in [4.78, 5) is 23.9. The van der Waals surface area contributed by atoms with E-state index < -0.39 is 30.4 Å². The third kappa shape index (κ3) is 4.56. The number of esters is 1. The van der Waals surface area contributed by atoms with E-state index in [1.165, 1.54) is 25.1 Å². The molecule has 0 aliphatic rings. The van der Waals surface area contributed by atoms with Gasteiger partial charge in [-0.3, -0.25) is 9.48 Å². The molecule has 1 atom stereocenters. The lowest BCUT2D eigenvalue weighted by molar-refractivity contribution is -0.155. The van der Waals surface area contributed by atoms with Crippen LogP contribution in [0.25, 0.3) is 0 Å². The summed E-state index contributed by atoms with van der Waals surface area (Å²) < 4.78 is 25.1. The Morgan fingerprint density at radius 1 is 1.32 bits per heavy atom. The van der Waals surface area contributed by atoms with Crippen LogP contribution in [0.3, 0.4) is 0 Å². The molecular formula is C17H20FN3O4. The predicted octanol–water partition coefficient (Wildman–Crippen LogP) is 2.13. The molecule has 2 rings (SSSR count). The molecule has 0 aliphatic heterocycles. The highest BCUT2D eigenvalue weighted by atomic mass is 19.1. The van der Waals surface area contributed by atoms with Crippen molar-refractivity contribution in [3.05, 3.63) is 41.5 Å². The molecule has 0 spiro atoms. The van der Waals surface area contributed by atoms with Gasteiger partial charge in [-0.05, 0) is 32.9 Å². The van der Waals surface area contributed by atoms with E-state index in [1.807, 2.05) is 6.92 Å². The average Bonchev–Trinajstić information content (AvgIpc) is 2.80. The van der Waals surface area contributed by atoms with Crippen molar-refractivity contribution in [2.24, 2.45) is 7.05 Å². The van der Waals surface area contributed by atoms with E-state index in [2.05, 4.69) is 10.4 Å². The van der Waals surface area contributed by atoms with Gasteiger partial charge in [-0.2, -0.15) is 5.10 Å². The van der Waals surface area contributed by atoms with Crippen molar-refractivity contribution in [3.8, 4) is 5.75 Å². The molecule has 1 amide bonds. The SMILES string of the molecule is Cc1nn(C)c(C)c1NC(=O)[C@H](C)OC(=O)COc1ccccc1F. The van der Waals surface area contributed by atoms with Gasteiger partial charge in [0, 0.05) is 7.05 Å². The number of ether oxygens (including phenoxy) is 2. The summed E-state index contributed by atoms with van der Waals surface area (Å²) in [5, 5.41) is 6.88. The maximum atomic E-state index is 13.4. The number of halogens is 1.